The number of para-hydroxylation sites is 1. The van der Waals surface area contributed by atoms with Crippen LogP contribution in [0.2, 0.25) is 5.02 Å². The van der Waals surface area contributed by atoms with Gasteiger partial charge in [0.25, 0.3) is 0 Å². The maximum Gasteiger partial charge on any atom is 0.309 e. The Bertz CT molecular complexity index is 708. The zero-order chi connectivity index (χ0) is 15.4. The SMILES string of the molecule is CC(Nc1cccc(C#N)c1[N+](=O)[O-])c1ccc(Cl)cc1. The number of hydrogen-bond acceptors (Lipinski definition) is 4. The molecular formula is C15H12ClN3O2. The molecule has 0 aliphatic rings. The fraction of sp³-hybridized carbons (Fsp3) is 0.133. The minimum atomic E-state index is -0.546. The molecule has 0 spiro atoms. The summed E-state index contributed by atoms with van der Waals surface area (Å²) in [5, 5.41) is 23.8. The number of halogens is 1. The molecule has 0 aliphatic carbocycles. The second kappa shape index (κ2) is 6.25. The molecule has 0 aromatic heterocycles. The molecule has 0 heterocycles. The van der Waals surface area contributed by atoms with Gasteiger partial charge in [0.15, 0.2) is 0 Å². The molecule has 0 radical (unpaired) electrons. The van der Waals surface area contributed by atoms with Crippen molar-refractivity contribution in [1.82, 2.24) is 0 Å². The van der Waals surface area contributed by atoms with E-state index in [1.54, 1.807) is 24.3 Å². The van der Waals surface area contributed by atoms with E-state index in [1.807, 2.05) is 25.1 Å². The van der Waals surface area contributed by atoms with Crippen LogP contribution < -0.4 is 5.32 Å². The van der Waals surface area contributed by atoms with Gasteiger partial charge in [-0.2, -0.15) is 5.26 Å². The Kier molecular flexibility index (Phi) is 4.41. The highest BCUT2D eigenvalue weighted by atomic mass is 35.5. The van der Waals surface area contributed by atoms with Crippen LogP contribution in [0.25, 0.3) is 0 Å². The monoisotopic (exact) mass is 301 g/mol. The maximum absolute atomic E-state index is 11.2. The fourth-order valence-electron chi connectivity index (χ4n) is 2.01. The summed E-state index contributed by atoms with van der Waals surface area (Å²) >= 11 is 5.84. The molecule has 6 heteroatoms. The Hall–Kier alpha value is -2.58. The number of nitrogens with one attached hydrogen (secondary N) is 1. The van der Waals surface area contributed by atoms with Crippen LogP contribution in [0.15, 0.2) is 42.5 Å². The minimum Gasteiger partial charge on any atom is -0.373 e. The van der Waals surface area contributed by atoms with Crippen LogP contribution in [0.5, 0.6) is 0 Å². The molecule has 0 amide bonds. The standard InChI is InChI=1S/C15H12ClN3O2/c1-10(11-5-7-13(16)8-6-11)18-14-4-2-3-12(9-17)15(14)19(20)21/h2-8,10,18H,1H3. The molecule has 2 aromatic rings. The Labute approximate surface area is 126 Å². The molecular weight excluding hydrogens is 290 g/mol. The third kappa shape index (κ3) is 3.30. The van der Waals surface area contributed by atoms with Crippen molar-refractivity contribution in [2.75, 3.05) is 5.32 Å². The predicted molar refractivity (Wildman–Crippen MR) is 81.3 cm³/mol. The molecule has 21 heavy (non-hydrogen) atoms. The number of hydrogen-bond donors (Lipinski definition) is 1. The van der Waals surface area contributed by atoms with Gasteiger partial charge in [0, 0.05) is 11.1 Å². The number of benzene rings is 2. The molecule has 1 N–H and O–H groups in total. The Morgan fingerprint density at radius 1 is 1.29 bits per heavy atom. The van der Waals surface area contributed by atoms with Crippen LogP contribution in [0.4, 0.5) is 11.4 Å². The molecule has 1 atom stereocenters. The maximum atomic E-state index is 11.2. The van der Waals surface area contributed by atoms with Gasteiger partial charge in [-0.15, -0.1) is 0 Å². The second-order valence-corrected chi connectivity index (χ2v) is 4.92. The first-order valence-corrected chi connectivity index (χ1v) is 6.60. The molecule has 2 aromatic carbocycles. The minimum absolute atomic E-state index is 0.0355. The lowest BCUT2D eigenvalue weighted by Crippen LogP contribution is -2.09. The zero-order valence-corrected chi connectivity index (χ0v) is 12.0. The van der Waals surface area contributed by atoms with Crippen LogP contribution in [0.3, 0.4) is 0 Å². The number of nitro benzene ring substituents is 1. The summed E-state index contributed by atoms with van der Waals surface area (Å²) < 4.78 is 0. The van der Waals surface area contributed by atoms with Crippen molar-refractivity contribution in [2.45, 2.75) is 13.0 Å². The highest BCUT2D eigenvalue weighted by Crippen LogP contribution is 2.31. The van der Waals surface area contributed by atoms with Crippen molar-refractivity contribution in [3.05, 3.63) is 68.7 Å². The summed E-state index contributed by atoms with van der Waals surface area (Å²) in [6.07, 6.45) is 0. The first kappa shape index (κ1) is 14.8. The Morgan fingerprint density at radius 2 is 1.95 bits per heavy atom. The molecule has 106 valence electrons. The molecule has 0 saturated heterocycles. The average Bonchev–Trinajstić information content (AvgIpc) is 2.47. The van der Waals surface area contributed by atoms with E-state index in [0.29, 0.717) is 10.7 Å². The summed E-state index contributed by atoms with van der Waals surface area (Å²) in [7, 11) is 0. The molecule has 0 aliphatic heterocycles. The smallest absolute Gasteiger partial charge is 0.309 e. The van der Waals surface area contributed by atoms with Gasteiger partial charge >= 0.3 is 5.69 Å². The number of nitro groups is 1. The van der Waals surface area contributed by atoms with E-state index in [1.165, 1.54) is 6.07 Å². The molecule has 1 unspecified atom stereocenters. The first-order valence-electron chi connectivity index (χ1n) is 6.22. The largest absolute Gasteiger partial charge is 0.373 e. The van der Waals surface area contributed by atoms with Crippen molar-refractivity contribution in [3.8, 4) is 6.07 Å². The van der Waals surface area contributed by atoms with Crippen LogP contribution in [-0.2, 0) is 0 Å². The summed E-state index contributed by atoms with van der Waals surface area (Å²) in [4.78, 5) is 10.6. The van der Waals surface area contributed by atoms with Gasteiger partial charge in [0.1, 0.15) is 17.3 Å². The van der Waals surface area contributed by atoms with E-state index in [0.717, 1.165) is 5.56 Å². The molecule has 0 saturated carbocycles. The fourth-order valence-corrected chi connectivity index (χ4v) is 2.14. The zero-order valence-electron chi connectivity index (χ0n) is 11.2. The summed E-state index contributed by atoms with van der Waals surface area (Å²) in [5.41, 5.74) is 1.09. The first-order chi connectivity index (χ1) is 10.0. The summed E-state index contributed by atoms with van der Waals surface area (Å²) in [5.74, 6) is 0. The Balaban J connectivity index is 2.33. The third-order valence-corrected chi connectivity index (χ3v) is 3.33. The van der Waals surface area contributed by atoms with Crippen molar-refractivity contribution in [1.29, 1.82) is 5.26 Å². The highest BCUT2D eigenvalue weighted by molar-refractivity contribution is 6.30. The molecule has 2 rings (SSSR count). The lowest BCUT2D eigenvalue weighted by atomic mass is 10.1. The van der Waals surface area contributed by atoms with Gasteiger partial charge < -0.3 is 5.32 Å². The van der Waals surface area contributed by atoms with Crippen LogP contribution in [-0.4, -0.2) is 4.92 Å². The number of rotatable bonds is 4. The van der Waals surface area contributed by atoms with Gasteiger partial charge in [0.2, 0.25) is 0 Å². The van der Waals surface area contributed by atoms with Crippen LogP contribution in [0, 0.1) is 21.4 Å². The number of nitrogens with zero attached hydrogens (tertiary/aromatic N) is 2. The average molecular weight is 302 g/mol. The van der Waals surface area contributed by atoms with E-state index in [-0.39, 0.29) is 17.3 Å². The van der Waals surface area contributed by atoms with Gasteiger partial charge in [0.05, 0.1) is 4.92 Å². The highest BCUT2D eigenvalue weighted by Gasteiger charge is 2.20. The van der Waals surface area contributed by atoms with E-state index in [9.17, 15) is 10.1 Å². The van der Waals surface area contributed by atoms with E-state index < -0.39 is 4.92 Å². The van der Waals surface area contributed by atoms with Crippen molar-refractivity contribution in [2.24, 2.45) is 0 Å². The quantitative estimate of drug-likeness (QED) is 0.674. The lowest BCUT2D eigenvalue weighted by molar-refractivity contribution is -0.384. The molecule has 0 fully saturated rings. The predicted octanol–water partition coefficient (Wildman–Crippen LogP) is 4.29. The summed E-state index contributed by atoms with van der Waals surface area (Å²) in [6.45, 7) is 1.88. The van der Waals surface area contributed by atoms with E-state index in [4.69, 9.17) is 16.9 Å². The molecule has 0 bridgehead atoms. The van der Waals surface area contributed by atoms with Crippen molar-refractivity contribution < 1.29 is 4.92 Å². The lowest BCUT2D eigenvalue weighted by Gasteiger charge is -2.16. The number of nitriles is 1. The third-order valence-electron chi connectivity index (χ3n) is 3.08. The topological polar surface area (TPSA) is 79.0 Å². The van der Waals surface area contributed by atoms with E-state index in [2.05, 4.69) is 5.32 Å². The number of anilines is 1. The van der Waals surface area contributed by atoms with Gasteiger partial charge in [-0.1, -0.05) is 29.8 Å². The van der Waals surface area contributed by atoms with E-state index >= 15 is 0 Å². The Morgan fingerprint density at radius 3 is 2.52 bits per heavy atom. The van der Waals surface area contributed by atoms with Gasteiger partial charge in [-0.05, 0) is 36.8 Å². The van der Waals surface area contributed by atoms with Gasteiger partial charge in [-0.25, -0.2) is 0 Å². The van der Waals surface area contributed by atoms with Crippen molar-refractivity contribution in [3.63, 3.8) is 0 Å². The second-order valence-electron chi connectivity index (χ2n) is 4.49. The van der Waals surface area contributed by atoms with Crippen LogP contribution >= 0.6 is 11.6 Å². The van der Waals surface area contributed by atoms with Crippen molar-refractivity contribution >= 4 is 23.0 Å². The summed E-state index contributed by atoms with van der Waals surface area (Å²) in [6, 6.07) is 13.5. The normalized spacial score (nSPS) is 11.5. The van der Waals surface area contributed by atoms with Gasteiger partial charge in [-0.3, -0.25) is 10.1 Å². The van der Waals surface area contributed by atoms with Crippen LogP contribution in [0.1, 0.15) is 24.1 Å². The molecule has 5 nitrogen and oxygen atoms in total.